The van der Waals surface area contributed by atoms with Crippen molar-refractivity contribution in [3.63, 3.8) is 0 Å². The van der Waals surface area contributed by atoms with Crippen molar-refractivity contribution in [2.24, 2.45) is 17.8 Å². The Hall–Kier alpha value is -2.36. The van der Waals surface area contributed by atoms with Crippen molar-refractivity contribution in [1.29, 1.82) is 0 Å². The lowest BCUT2D eigenvalue weighted by atomic mass is 9.84. The topological polar surface area (TPSA) is 108 Å². The van der Waals surface area contributed by atoms with Gasteiger partial charge in [0, 0.05) is 19.2 Å². The Labute approximate surface area is 197 Å². The lowest BCUT2D eigenvalue weighted by Gasteiger charge is -2.28. The van der Waals surface area contributed by atoms with Gasteiger partial charge in [0.25, 0.3) is 0 Å². The summed E-state index contributed by atoms with van der Waals surface area (Å²) in [7, 11) is 1.53. The molecule has 1 aromatic carbocycles. The van der Waals surface area contributed by atoms with E-state index in [1.165, 1.54) is 18.8 Å². The van der Waals surface area contributed by atoms with Gasteiger partial charge in [-0.1, -0.05) is 50.2 Å². The smallest absolute Gasteiger partial charge is 0.248 e. The number of thiophene rings is 1. The van der Waals surface area contributed by atoms with Crippen LogP contribution in [0.15, 0.2) is 52.1 Å². The summed E-state index contributed by atoms with van der Waals surface area (Å²) >= 11 is 3.02. The first-order valence-corrected chi connectivity index (χ1v) is 12.4. The third-order valence-electron chi connectivity index (χ3n) is 5.06. The summed E-state index contributed by atoms with van der Waals surface area (Å²) in [4.78, 5) is 38.4. The maximum absolute atomic E-state index is 13.4. The molecule has 32 heavy (non-hydrogen) atoms. The summed E-state index contributed by atoms with van der Waals surface area (Å²) in [6.07, 6.45) is 0.780. The van der Waals surface area contributed by atoms with Crippen LogP contribution < -0.4 is 16.1 Å². The number of rotatable bonds is 12. The third kappa shape index (κ3) is 7.96. The molecule has 3 atom stereocenters. The first-order chi connectivity index (χ1) is 15.3. The minimum absolute atomic E-state index is 0.138. The summed E-state index contributed by atoms with van der Waals surface area (Å²) in [5.41, 5.74) is 2.64. The monoisotopic (exact) mass is 477 g/mol. The van der Waals surface area contributed by atoms with E-state index in [1.54, 1.807) is 16.8 Å². The van der Waals surface area contributed by atoms with Crippen LogP contribution >= 0.6 is 23.1 Å². The molecule has 7 nitrogen and oxygen atoms in total. The first-order valence-electron chi connectivity index (χ1n) is 10.5. The Bertz CT molecular complexity index is 859. The SMILES string of the molecule is CNC(=O)[C@@H](Cc1ccccc1)NC(=O)[C@@H](CC(C)C)[C@H](CSc1cccs1)C(=O)NO. The van der Waals surface area contributed by atoms with E-state index in [2.05, 4.69) is 10.6 Å². The molecular formula is C23H31N3O4S2. The Balaban J connectivity index is 2.23. The predicted molar refractivity (Wildman–Crippen MR) is 128 cm³/mol. The molecule has 0 saturated heterocycles. The number of hydroxylamine groups is 1. The van der Waals surface area contributed by atoms with Crippen LogP contribution in [0.5, 0.6) is 0 Å². The molecule has 3 amide bonds. The second-order valence-corrected chi connectivity index (χ2v) is 10.2. The van der Waals surface area contributed by atoms with Crippen molar-refractivity contribution in [3.8, 4) is 0 Å². The van der Waals surface area contributed by atoms with Crippen molar-refractivity contribution >= 4 is 40.8 Å². The van der Waals surface area contributed by atoms with Crippen LogP contribution in [0.1, 0.15) is 25.8 Å². The van der Waals surface area contributed by atoms with E-state index in [4.69, 9.17) is 0 Å². The van der Waals surface area contributed by atoms with E-state index < -0.39 is 23.8 Å². The van der Waals surface area contributed by atoms with Gasteiger partial charge in [0.2, 0.25) is 17.7 Å². The Morgan fingerprint density at radius 1 is 1.00 bits per heavy atom. The fourth-order valence-electron chi connectivity index (χ4n) is 3.45. The lowest BCUT2D eigenvalue weighted by Crippen LogP contribution is -2.51. The largest absolute Gasteiger partial charge is 0.357 e. The third-order valence-corrected chi connectivity index (χ3v) is 7.31. The van der Waals surface area contributed by atoms with E-state index in [0.29, 0.717) is 18.6 Å². The molecule has 0 aliphatic heterocycles. The number of benzene rings is 1. The standard InChI is InChI=1S/C23H31N3O4S2/c1-15(2)12-17(18(22(28)26-30)14-32-20-10-7-11-31-20)21(27)25-19(23(29)24-3)13-16-8-5-4-6-9-16/h4-11,15,17-19,30H,12-14H2,1-3H3,(H,24,29)(H,25,27)(H,26,28)/t17-,18-,19+/m0/s1. The van der Waals surface area contributed by atoms with Crippen molar-refractivity contribution in [2.75, 3.05) is 12.8 Å². The van der Waals surface area contributed by atoms with Gasteiger partial charge < -0.3 is 10.6 Å². The van der Waals surface area contributed by atoms with Crippen LogP contribution in [0.2, 0.25) is 0 Å². The molecule has 2 aromatic rings. The summed E-state index contributed by atoms with van der Waals surface area (Å²) in [5.74, 6) is -2.26. The van der Waals surface area contributed by atoms with Crippen molar-refractivity contribution in [2.45, 2.75) is 36.9 Å². The summed E-state index contributed by atoms with van der Waals surface area (Å²) in [6, 6.07) is 12.5. The average molecular weight is 478 g/mol. The minimum atomic E-state index is -0.771. The van der Waals surface area contributed by atoms with Crippen molar-refractivity contribution < 1.29 is 19.6 Å². The van der Waals surface area contributed by atoms with E-state index in [0.717, 1.165) is 9.77 Å². The second-order valence-electron chi connectivity index (χ2n) is 7.93. The first kappa shape index (κ1) is 25.9. The minimum Gasteiger partial charge on any atom is -0.357 e. The van der Waals surface area contributed by atoms with E-state index in [9.17, 15) is 19.6 Å². The fraction of sp³-hybridized carbons (Fsp3) is 0.435. The highest BCUT2D eigenvalue weighted by Gasteiger charge is 2.36. The number of carbonyl (C=O) groups is 3. The molecule has 0 aliphatic carbocycles. The number of hydrogen-bond donors (Lipinski definition) is 4. The van der Waals surface area contributed by atoms with Gasteiger partial charge >= 0.3 is 0 Å². The van der Waals surface area contributed by atoms with Gasteiger partial charge in [0.05, 0.1) is 16.0 Å². The number of likely N-dealkylation sites (N-methyl/N-ethyl adjacent to an activating group) is 1. The highest BCUT2D eigenvalue weighted by atomic mass is 32.2. The number of carbonyl (C=O) groups excluding carboxylic acids is 3. The van der Waals surface area contributed by atoms with E-state index in [1.807, 2.05) is 61.7 Å². The van der Waals surface area contributed by atoms with Crippen LogP contribution in [0, 0.1) is 17.8 Å². The predicted octanol–water partition coefficient (Wildman–Crippen LogP) is 3.10. The zero-order valence-corrected chi connectivity index (χ0v) is 20.2. The van der Waals surface area contributed by atoms with E-state index in [-0.39, 0.29) is 17.7 Å². The molecule has 0 fully saturated rings. The van der Waals surface area contributed by atoms with Crippen LogP contribution in [-0.2, 0) is 20.8 Å². The zero-order chi connectivity index (χ0) is 23.5. The molecule has 0 saturated carbocycles. The van der Waals surface area contributed by atoms with Gasteiger partial charge in [-0.15, -0.1) is 23.1 Å². The Kier molecular flexibility index (Phi) is 10.7. The molecule has 1 aromatic heterocycles. The maximum Gasteiger partial charge on any atom is 0.248 e. The maximum atomic E-state index is 13.4. The molecule has 174 valence electrons. The van der Waals surface area contributed by atoms with E-state index >= 15 is 0 Å². The summed E-state index contributed by atoms with van der Waals surface area (Å²) in [6.45, 7) is 3.95. The molecular weight excluding hydrogens is 446 g/mol. The van der Waals surface area contributed by atoms with Crippen LogP contribution in [0.3, 0.4) is 0 Å². The number of nitrogens with one attached hydrogen (secondary N) is 3. The van der Waals surface area contributed by atoms with Gasteiger partial charge in [-0.3, -0.25) is 19.6 Å². The van der Waals surface area contributed by atoms with Gasteiger partial charge in [0.1, 0.15) is 6.04 Å². The highest BCUT2D eigenvalue weighted by Crippen LogP contribution is 2.31. The lowest BCUT2D eigenvalue weighted by molar-refractivity contribution is -0.140. The normalized spacial score (nSPS) is 13.8. The molecule has 4 N–H and O–H groups in total. The highest BCUT2D eigenvalue weighted by molar-refractivity contribution is 8.01. The van der Waals surface area contributed by atoms with Crippen LogP contribution in [0.25, 0.3) is 0 Å². The van der Waals surface area contributed by atoms with Crippen LogP contribution in [-0.4, -0.2) is 41.8 Å². The van der Waals surface area contributed by atoms with Gasteiger partial charge in [-0.2, -0.15) is 0 Å². The molecule has 0 radical (unpaired) electrons. The molecule has 0 bridgehead atoms. The fourth-order valence-corrected chi connectivity index (χ4v) is 5.44. The molecule has 0 unspecified atom stereocenters. The zero-order valence-electron chi connectivity index (χ0n) is 18.5. The molecule has 1 heterocycles. The Morgan fingerprint density at radius 2 is 1.72 bits per heavy atom. The number of amides is 3. The molecule has 0 aliphatic rings. The number of thioether (sulfide) groups is 1. The molecule has 0 spiro atoms. The quantitative estimate of drug-likeness (QED) is 0.213. The second kappa shape index (κ2) is 13.2. The summed E-state index contributed by atoms with van der Waals surface area (Å²) < 4.78 is 1.02. The molecule has 9 heteroatoms. The van der Waals surface area contributed by atoms with Gasteiger partial charge in [-0.25, -0.2) is 5.48 Å². The van der Waals surface area contributed by atoms with Crippen LogP contribution in [0.4, 0.5) is 0 Å². The van der Waals surface area contributed by atoms with Crippen molar-refractivity contribution in [1.82, 2.24) is 16.1 Å². The summed E-state index contributed by atoms with van der Waals surface area (Å²) in [5, 5.41) is 16.7. The van der Waals surface area contributed by atoms with Gasteiger partial charge in [0.15, 0.2) is 0 Å². The Morgan fingerprint density at radius 3 is 2.28 bits per heavy atom. The van der Waals surface area contributed by atoms with Gasteiger partial charge in [-0.05, 0) is 29.3 Å². The molecule has 2 rings (SSSR count). The number of hydrogen-bond acceptors (Lipinski definition) is 6. The van der Waals surface area contributed by atoms with Crippen molar-refractivity contribution in [3.05, 3.63) is 53.4 Å². The average Bonchev–Trinajstić information content (AvgIpc) is 3.31.